The first kappa shape index (κ1) is 21.7. The molecule has 0 saturated carbocycles. The van der Waals surface area contributed by atoms with Crippen LogP contribution >= 0.6 is 0 Å². The van der Waals surface area contributed by atoms with E-state index in [-0.39, 0.29) is 0 Å². The lowest BCUT2D eigenvalue weighted by Gasteiger charge is -2.32. The van der Waals surface area contributed by atoms with Gasteiger partial charge in [-0.2, -0.15) is 0 Å². The molecule has 1 saturated heterocycles. The number of piperidine rings is 1. The van der Waals surface area contributed by atoms with E-state index in [0.29, 0.717) is 6.61 Å². The maximum Gasteiger partial charge on any atom is 0.120 e. The predicted molar refractivity (Wildman–Crippen MR) is 121 cm³/mol. The molecular weight excluding hydrogens is 358 g/mol. The maximum atomic E-state index is 5.94. The third kappa shape index (κ3) is 8.10. The molecule has 0 aromatic heterocycles. The van der Waals surface area contributed by atoms with E-state index in [2.05, 4.69) is 24.0 Å². The van der Waals surface area contributed by atoms with Gasteiger partial charge >= 0.3 is 0 Å². The van der Waals surface area contributed by atoms with Gasteiger partial charge in [0.25, 0.3) is 0 Å². The highest BCUT2D eigenvalue weighted by Crippen LogP contribution is 2.23. The van der Waals surface area contributed by atoms with Crippen LogP contribution in [0.3, 0.4) is 0 Å². The van der Waals surface area contributed by atoms with Crippen LogP contribution in [-0.2, 0) is 6.61 Å². The lowest BCUT2D eigenvalue weighted by atomic mass is 9.92. The number of hydrogen-bond donors (Lipinski definition) is 0. The smallest absolute Gasteiger partial charge is 0.120 e. The molecular formula is C26H37NO2. The zero-order valence-electron chi connectivity index (χ0n) is 18.0. The molecule has 0 amide bonds. The SMILES string of the molecule is CCCCCN1CCC(CCCOc2ccc(OCc3ccccc3)cc2)CC1. The summed E-state index contributed by atoms with van der Waals surface area (Å²) in [5.74, 6) is 2.70. The first-order valence-electron chi connectivity index (χ1n) is 11.5. The minimum absolute atomic E-state index is 0.596. The van der Waals surface area contributed by atoms with Crippen molar-refractivity contribution in [1.29, 1.82) is 0 Å². The highest BCUT2D eigenvalue weighted by molar-refractivity contribution is 5.31. The average Bonchev–Trinajstić information content (AvgIpc) is 2.78. The molecule has 3 rings (SSSR count). The molecule has 2 aromatic rings. The first-order chi connectivity index (χ1) is 14.3. The van der Waals surface area contributed by atoms with Gasteiger partial charge in [-0.1, -0.05) is 50.1 Å². The molecule has 0 bridgehead atoms. The molecule has 0 radical (unpaired) electrons. The monoisotopic (exact) mass is 395 g/mol. The molecule has 1 aliphatic rings. The lowest BCUT2D eigenvalue weighted by Crippen LogP contribution is -2.34. The standard InChI is InChI=1S/C26H37NO2/c1-2-3-7-18-27-19-16-23(17-20-27)11-8-21-28-25-12-14-26(15-13-25)29-22-24-9-5-4-6-10-24/h4-6,9-10,12-15,23H,2-3,7-8,11,16-22H2,1H3. The van der Waals surface area contributed by atoms with Crippen molar-refractivity contribution in [2.75, 3.05) is 26.2 Å². The zero-order valence-corrected chi connectivity index (χ0v) is 18.0. The van der Waals surface area contributed by atoms with E-state index in [9.17, 15) is 0 Å². The Morgan fingerprint density at radius 2 is 1.52 bits per heavy atom. The third-order valence-electron chi connectivity index (χ3n) is 5.88. The second-order valence-corrected chi connectivity index (χ2v) is 8.23. The van der Waals surface area contributed by atoms with Crippen LogP contribution < -0.4 is 9.47 Å². The Balaban J connectivity index is 1.26. The number of ether oxygens (including phenoxy) is 2. The van der Waals surface area contributed by atoms with E-state index in [0.717, 1.165) is 30.4 Å². The van der Waals surface area contributed by atoms with E-state index in [1.165, 1.54) is 63.7 Å². The second kappa shape index (κ2) is 12.5. The molecule has 2 aromatic carbocycles. The number of benzene rings is 2. The van der Waals surface area contributed by atoms with E-state index < -0.39 is 0 Å². The van der Waals surface area contributed by atoms with Crippen molar-refractivity contribution >= 4 is 0 Å². The normalized spacial score (nSPS) is 15.3. The maximum absolute atomic E-state index is 5.94. The summed E-state index contributed by atoms with van der Waals surface area (Å²) in [6.07, 6.45) is 9.22. The van der Waals surface area contributed by atoms with Gasteiger partial charge in [-0.3, -0.25) is 0 Å². The zero-order chi connectivity index (χ0) is 20.2. The van der Waals surface area contributed by atoms with E-state index in [1.807, 2.05) is 42.5 Å². The molecule has 0 unspecified atom stereocenters. The van der Waals surface area contributed by atoms with Crippen LogP contribution in [0.5, 0.6) is 11.5 Å². The fourth-order valence-electron chi connectivity index (χ4n) is 4.02. The summed E-state index contributed by atoms with van der Waals surface area (Å²) in [4.78, 5) is 2.66. The predicted octanol–water partition coefficient (Wildman–Crippen LogP) is 6.33. The molecule has 1 aliphatic heterocycles. The summed E-state index contributed by atoms with van der Waals surface area (Å²) >= 11 is 0. The molecule has 1 heterocycles. The highest BCUT2D eigenvalue weighted by Gasteiger charge is 2.18. The van der Waals surface area contributed by atoms with Gasteiger partial charge in [0, 0.05) is 0 Å². The molecule has 0 atom stereocenters. The molecule has 3 nitrogen and oxygen atoms in total. The topological polar surface area (TPSA) is 21.7 Å². The Labute approximate surface area is 177 Å². The van der Waals surface area contributed by atoms with Crippen LogP contribution in [0.2, 0.25) is 0 Å². The van der Waals surface area contributed by atoms with Crippen molar-refractivity contribution in [3.8, 4) is 11.5 Å². The van der Waals surface area contributed by atoms with Crippen LogP contribution in [0.15, 0.2) is 54.6 Å². The molecule has 0 N–H and O–H groups in total. The van der Waals surface area contributed by atoms with Gasteiger partial charge in [0.15, 0.2) is 0 Å². The average molecular weight is 396 g/mol. The summed E-state index contributed by atoms with van der Waals surface area (Å²) in [7, 11) is 0. The summed E-state index contributed by atoms with van der Waals surface area (Å²) in [6.45, 7) is 7.57. The lowest BCUT2D eigenvalue weighted by molar-refractivity contribution is 0.170. The summed E-state index contributed by atoms with van der Waals surface area (Å²) in [6, 6.07) is 18.2. The summed E-state index contributed by atoms with van der Waals surface area (Å²) in [5.41, 5.74) is 1.18. The number of nitrogens with zero attached hydrogens (tertiary/aromatic N) is 1. The third-order valence-corrected chi connectivity index (χ3v) is 5.88. The molecule has 158 valence electrons. The molecule has 0 aliphatic carbocycles. The minimum Gasteiger partial charge on any atom is -0.494 e. The van der Waals surface area contributed by atoms with Gasteiger partial charge in [0.1, 0.15) is 18.1 Å². The summed E-state index contributed by atoms with van der Waals surface area (Å²) < 4.78 is 11.8. The van der Waals surface area contributed by atoms with Crippen molar-refractivity contribution in [2.45, 2.75) is 58.5 Å². The van der Waals surface area contributed by atoms with Crippen molar-refractivity contribution in [3.63, 3.8) is 0 Å². The van der Waals surface area contributed by atoms with Gasteiger partial charge in [0.2, 0.25) is 0 Å². The van der Waals surface area contributed by atoms with Crippen LogP contribution in [0.1, 0.15) is 57.4 Å². The highest BCUT2D eigenvalue weighted by atomic mass is 16.5. The quantitative estimate of drug-likeness (QED) is 0.392. The number of hydrogen-bond acceptors (Lipinski definition) is 3. The molecule has 0 spiro atoms. The fraction of sp³-hybridized carbons (Fsp3) is 0.538. The largest absolute Gasteiger partial charge is 0.494 e. The number of unbranched alkanes of at least 4 members (excludes halogenated alkanes) is 2. The van der Waals surface area contributed by atoms with Crippen LogP contribution in [0.4, 0.5) is 0 Å². The Bertz CT molecular complexity index is 663. The Morgan fingerprint density at radius 1 is 0.828 bits per heavy atom. The number of likely N-dealkylation sites (tertiary alicyclic amines) is 1. The Kier molecular flexibility index (Phi) is 9.38. The van der Waals surface area contributed by atoms with Crippen LogP contribution in [0.25, 0.3) is 0 Å². The van der Waals surface area contributed by atoms with Gasteiger partial charge in [-0.05, 0) is 87.5 Å². The van der Waals surface area contributed by atoms with Crippen LogP contribution in [0, 0.1) is 5.92 Å². The van der Waals surface area contributed by atoms with Crippen molar-refractivity contribution < 1.29 is 9.47 Å². The Morgan fingerprint density at radius 3 is 2.21 bits per heavy atom. The van der Waals surface area contributed by atoms with Crippen LogP contribution in [-0.4, -0.2) is 31.1 Å². The van der Waals surface area contributed by atoms with Crippen molar-refractivity contribution in [2.24, 2.45) is 5.92 Å². The van der Waals surface area contributed by atoms with Crippen molar-refractivity contribution in [1.82, 2.24) is 4.90 Å². The number of rotatable bonds is 12. The summed E-state index contributed by atoms with van der Waals surface area (Å²) in [5, 5.41) is 0. The second-order valence-electron chi connectivity index (χ2n) is 8.23. The van der Waals surface area contributed by atoms with Crippen molar-refractivity contribution in [3.05, 3.63) is 60.2 Å². The Hall–Kier alpha value is -2.00. The fourth-order valence-corrected chi connectivity index (χ4v) is 4.02. The van der Waals surface area contributed by atoms with Gasteiger partial charge in [0.05, 0.1) is 6.61 Å². The molecule has 29 heavy (non-hydrogen) atoms. The van der Waals surface area contributed by atoms with E-state index >= 15 is 0 Å². The van der Waals surface area contributed by atoms with Gasteiger partial charge in [-0.25, -0.2) is 0 Å². The van der Waals surface area contributed by atoms with Gasteiger partial charge in [-0.15, -0.1) is 0 Å². The molecule has 1 fully saturated rings. The first-order valence-corrected chi connectivity index (χ1v) is 11.5. The van der Waals surface area contributed by atoms with E-state index in [4.69, 9.17) is 9.47 Å². The molecule has 3 heteroatoms. The van der Waals surface area contributed by atoms with Gasteiger partial charge < -0.3 is 14.4 Å². The van der Waals surface area contributed by atoms with E-state index in [1.54, 1.807) is 0 Å². The minimum atomic E-state index is 0.596.